The van der Waals surface area contributed by atoms with E-state index in [2.05, 4.69) is 9.97 Å². The Labute approximate surface area is 149 Å². The fourth-order valence-corrected chi connectivity index (χ4v) is 2.68. The second kappa shape index (κ2) is 7.35. The zero-order valence-electron chi connectivity index (χ0n) is 14.6. The first-order valence-corrected chi connectivity index (χ1v) is 7.93. The van der Waals surface area contributed by atoms with Crippen molar-refractivity contribution in [2.45, 2.75) is 6.92 Å². The average Bonchev–Trinajstić information content (AvgIpc) is 2.67. The van der Waals surface area contributed by atoms with Crippen LogP contribution in [0.3, 0.4) is 0 Å². The standard InChI is InChI=1S/C19H17FN2O4/c1-4-26-19(23)13-6-5-12(17-18(13)22-8-7-21-17)14-9-11(24-2)10-15(25-3)16(14)20/h5-10H,4H2,1-3H3. The third-order valence-electron chi connectivity index (χ3n) is 3.88. The zero-order chi connectivity index (χ0) is 18.7. The third-order valence-corrected chi connectivity index (χ3v) is 3.88. The fraction of sp³-hybridized carbons (Fsp3) is 0.211. The summed E-state index contributed by atoms with van der Waals surface area (Å²) in [6.07, 6.45) is 2.95. The van der Waals surface area contributed by atoms with E-state index in [-0.39, 0.29) is 23.5 Å². The van der Waals surface area contributed by atoms with Crippen LogP contribution >= 0.6 is 0 Å². The smallest absolute Gasteiger partial charge is 0.340 e. The summed E-state index contributed by atoms with van der Waals surface area (Å²) in [6.45, 7) is 1.96. The highest BCUT2D eigenvalue weighted by Gasteiger charge is 2.20. The number of hydrogen-bond donors (Lipinski definition) is 0. The molecule has 2 aromatic carbocycles. The molecule has 0 bridgehead atoms. The lowest BCUT2D eigenvalue weighted by Crippen LogP contribution is -2.07. The van der Waals surface area contributed by atoms with Crippen molar-refractivity contribution in [1.29, 1.82) is 0 Å². The molecule has 7 heteroatoms. The number of aromatic nitrogens is 2. The molecular formula is C19H17FN2O4. The maximum atomic E-state index is 14.9. The van der Waals surface area contributed by atoms with E-state index in [0.717, 1.165) is 0 Å². The number of halogens is 1. The fourth-order valence-electron chi connectivity index (χ4n) is 2.68. The summed E-state index contributed by atoms with van der Waals surface area (Å²) in [5.74, 6) is -0.576. The summed E-state index contributed by atoms with van der Waals surface area (Å²) in [5.41, 5.74) is 1.70. The lowest BCUT2D eigenvalue weighted by molar-refractivity contribution is 0.0528. The number of ether oxygens (including phenoxy) is 3. The summed E-state index contributed by atoms with van der Waals surface area (Å²) in [5, 5.41) is 0. The van der Waals surface area contributed by atoms with Gasteiger partial charge in [-0.25, -0.2) is 9.18 Å². The molecule has 1 aromatic heterocycles. The van der Waals surface area contributed by atoms with Gasteiger partial charge in [0.25, 0.3) is 0 Å². The maximum Gasteiger partial charge on any atom is 0.340 e. The maximum absolute atomic E-state index is 14.9. The number of benzene rings is 2. The van der Waals surface area contributed by atoms with Crippen molar-refractivity contribution in [3.8, 4) is 22.6 Å². The van der Waals surface area contributed by atoms with Gasteiger partial charge in [-0.1, -0.05) is 6.07 Å². The Kier molecular flexibility index (Phi) is 4.97. The third kappa shape index (κ3) is 3.03. The van der Waals surface area contributed by atoms with Crippen molar-refractivity contribution in [3.05, 3.63) is 48.0 Å². The normalized spacial score (nSPS) is 10.6. The molecule has 0 unspecified atom stereocenters. The predicted octanol–water partition coefficient (Wildman–Crippen LogP) is 3.63. The van der Waals surface area contributed by atoms with Gasteiger partial charge in [-0.05, 0) is 19.1 Å². The largest absolute Gasteiger partial charge is 0.497 e. The number of fused-ring (bicyclic) bond motifs is 1. The summed E-state index contributed by atoms with van der Waals surface area (Å²) < 4.78 is 30.2. The Hall–Kier alpha value is -3.22. The Balaban J connectivity index is 2.28. The molecule has 0 N–H and O–H groups in total. The van der Waals surface area contributed by atoms with Crippen molar-refractivity contribution in [1.82, 2.24) is 9.97 Å². The Morgan fingerprint density at radius 1 is 1.04 bits per heavy atom. The van der Waals surface area contributed by atoms with Crippen LogP contribution in [-0.4, -0.2) is 36.8 Å². The molecule has 0 saturated heterocycles. The van der Waals surface area contributed by atoms with Crippen LogP contribution in [-0.2, 0) is 4.74 Å². The van der Waals surface area contributed by atoms with E-state index in [0.29, 0.717) is 22.3 Å². The molecule has 3 aromatic rings. The van der Waals surface area contributed by atoms with Crippen molar-refractivity contribution in [3.63, 3.8) is 0 Å². The molecule has 0 saturated carbocycles. The second-order valence-corrected chi connectivity index (χ2v) is 5.33. The molecule has 3 rings (SSSR count). The van der Waals surface area contributed by atoms with E-state index in [4.69, 9.17) is 14.2 Å². The molecule has 6 nitrogen and oxygen atoms in total. The minimum absolute atomic E-state index is 0.0471. The van der Waals surface area contributed by atoms with Gasteiger partial charge in [0.1, 0.15) is 11.3 Å². The number of carbonyl (C=O) groups is 1. The molecule has 134 valence electrons. The quantitative estimate of drug-likeness (QED) is 0.650. The number of esters is 1. The van der Waals surface area contributed by atoms with Gasteiger partial charge in [-0.3, -0.25) is 9.97 Å². The first-order chi connectivity index (χ1) is 12.6. The molecule has 26 heavy (non-hydrogen) atoms. The summed E-state index contributed by atoms with van der Waals surface area (Å²) >= 11 is 0. The van der Waals surface area contributed by atoms with E-state index in [1.165, 1.54) is 32.7 Å². The number of carbonyl (C=O) groups excluding carboxylic acids is 1. The first kappa shape index (κ1) is 17.6. The van der Waals surface area contributed by atoms with Crippen LogP contribution in [0.4, 0.5) is 4.39 Å². The van der Waals surface area contributed by atoms with Gasteiger partial charge >= 0.3 is 5.97 Å². The highest BCUT2D eigenvalue weighted by Crippen LogP contribution is 2.37. The highest BCUT2D eigenvalue weighted by molar-refractivity contribution is 6.06. The number of hydrogen-bond acceptors (Lipinski definition) is 6. The average molecular weight is 356 g/mol. The monoisotopic (exact) mass is 356 g/mol. The number of rotatable bonds is 5. The van der Waals surface area contributed by atoms with Crippen molar-refractivity contribution < 1.29 is 23.4 Å². The van der Waals surface area contributed by atoms with Crippen LogP contribution in [0.25, 0.3) is 22.2 Å². The summed E-state index contributed by atoms with van der Waals surface area (Å²) in [4.78, 5) is 20.7. The van der Waals surface area contributed by atoms with Crippen LogP contribution in [0.1, 0.15) is 17.3 Å². The van der Waals surface area contributed by atoms with Gasteiger partial charge in [0.05, 0.1) is 31.9 Å². The van der Waals surface area contributed by atoms with E-state index < -0.39 is 11.8 Å². The SMILES string of the molecule is CCOC(=O)c1ccc(-c2cc(OC)cc(OC)c2F)c2nccnc12. The van der Waals surface area contributed by atoms with Crippen LogP contribution in [0.15, 0.2) is 36.7 Å². The molecular weight excluding hydrogens is 339 g/mol. The van der Waals surface area contributed by atoms with Crippen molar-refractivity contribution >= 4 is 17.0 Å². The summed E-state index contributed by atoms with van der Waals surface area (Å²) in [6, 6.07) is 6.17. The van der Waals surface area contributed by atoms with Gasteiger partial charge in [0, 0.05) is 29.6 Å². The van der Waals surface area contributed by atoms with E-state index in [1.54, 1.807) is 25.1 Å². The molecule has 0 amide bonds. The molecule has 0 aliphatic carbocycles. The predicted molar refractivity (Wildman–Crippen MR) is 94.0 cm³/mol. The van der Waals surface area contributed by atoms with Gasteiger partial charge in [-0.2, -0.15) is 0 Å². The minimum atomic E-state index is -0.552. The van der Waals surface area contributed by atoms with Crippen molar-refractivity contribution in [2.24, 2.45) is 0 Å². The van der Waals surface area contributed by atoms with Gasteiger partial charge in [0.2, 0.25) is 0 Å². The van der Waals surface area contributed by atoms with E-state index in [1.807, 2.05) is 0 Å². The molecule has 0 aliphatic heterocycles. The topological polar surface area (TPSA) is 70.5 Å². The molecule has 0 aliphatic rings. The lowest BCUT2D eigenvalue weighted by atomic mass is 9.99. The Morgan fingerprint density at radius 2 is 1.77 bits per heavy atom. The van der Waals surface area contributed by atoms with Gasteiger partial charge in [0.15, 0.2) is 11.6 Å². The first-order valence-electron chi connectivity index (χ1n) is 7.93. The molecule has 1 heterocycles. The lowest BCUT2D eigenvalue weighted by Gasteiger charge is -2.13. The van der Waals surface area contributed by atoms with Gasteiger partial charge in [-0.15, -0.1) is 0 Å². The molecule has 0 atom stereocenters. The van der Waals surface area contributed by atoms with Gasteiger partial charge < -0.3 is 14.2 Å². The molecule has 0 spiro atoms. The Bertz CT molecular complexity index is 975. The number of nitrogens with zero attached hydrogens (tertiary/aromatic N) is 2. The molecule has 0 fully saturated rings. The van der Waals surface area contributed by atoms with E-state index in [9.17, 15) is 9.18 Å². The van der Waals surface area contributed by atoms with Crippen LogP contribution in [0.2, 0.25) is 0 Å². The Morgan fingerprint density at radius 3 is 2.42 bits per heavy atom. The second-order valence-electron chi connectivity index (χ2n) is 5.33. The molecule has 0 radical (unpaired) electrons. The van der Waals surface area contributed by atoms with Crippen LogP contribution < -0.4 is 9.47 Å². The van der Waals surface area contributed by atoms with Crippen LogP contribution in [0.5, 0.6) is 11.5 Å². The number of methoxy groups -OCH3 is 2. The van der Waals surface area contributed by atoms with Crippen LogP contribution in [0, 0.1) is 5.82 Å². The zero-order valence-corrected chi connectivity index (χ0v) is 14.6. The highest BCUT2D eigenvalue weighted by atomic mass is 19.1. The van der Waals surface area contributed by atoms with E-state index >= 15 is 0 Å². The summed E-state index contributed by atoms with van der Waals surface area (Å²) in [7, 11) is 2.86. The minimum Gasteiger partial charge on any atom is -0.497 e. The van der Waals surface area contributed by atoms with Crippen molar-refractivity contribution in [2.75, 3.05) is 20.8 Å².